The lowest BCUT2D eigenvalue weighted by atomic mass is 10.1. The van der Waals surface area contributed by atoms with Gasteiger partial charge >= 0.3 is 0 Å². The van der Waals surface area contributed by atoms with Crippen LogP contribution in [0.3, 0.4) is 0 Å². The van der Waals surface area contributed by atoms with Gasteiger partial charge in [0, 0.05) is 24.8 Å². The Labute approximate surface area is 140 Å². The molecule has 1 saturated heterocycles. The highest BCUT2D eigenvalue weighted by molar-refractivity contribution is 6.05. The molecule has 0 bridgehead atoms. The summed E-state index contributed by atoms with van der Waals surface area (Å²) in [6.07, 6.45) is 1.74. The van der Waals surface area contributed by atoms with Crippen molar-refractivity contribution in [2.24, 2.45) is 0 Å². The van der Waals surface area contributed by atoms with Crippen LogP contribution in [-0.2, 0) is 22.7 Å². The molecule has 2 aromatic rings. The minimum atomic E-state index is -0.132. The molecule has 0 aliphatic carbocycles. The second-order valence-corrected chi connectivity index (χ2v) is 5.90. The molecule has 124 valence electrons. The molecule has 4 rings (SSSR count). The number of carbonyl (C=O) groups excluding carboxylic acids is 1. The second kappa shape index (κ2) is 6.59. The molecule has 0 radical (unpaired) electrons. The number of fused-ring (bicyclic) bond motifs is 1. The van der Waals surface area contributed by atoms with E-state index in [1.54, 1.807) is 6.20 Å². The van der Waals surface area contributed by atoms with Gasteiger partial charge in [-0.2, -0.15) is 0 Å². The Balaban J connectivity index is 1.55. The van der Waals surface area contributed by atoms with Crippen LogP contribution in [0.2, 0.25) is 0 Å². The van der Waals surface area contributed by atoms with E-state index in [1.807, 2.05) is 30.3 Å². The Bertz CT molecular complexity index is 757. The third-order valence-electron chi connectivity index (χ3n) is 4.33. The summed E-state index contributed by atoms with van der Waals surface area (Å²) < 4.78 is 10.8. The zero-order valence-corrected chi connectivity index (χ0v) is 13.3. The van der Waals surface area contributed by atoms with Crippen molar-refractivity contribution >= 4 is 17.4 Å². The molecule has 1 N–H and O–H groups in total. The summed E-state index contributed by atoms with van der Waals surface area (Å²) in [6.45, 7) is 4.10. The molecule has 0 spiro atoms. The number of hydrogen-bond donors (Lipinski definition) is 1. The van der Waals surface area contributed by atoms with Gasteiger partial charge in [-0.15, -0.1) is 0 Å². The van der Waals surface area contributed by atoms with Gasteiger partial charge in [0.15, 0.2) is 5.82 Å². The number of carbonyl (C=O) groups is 1. The predicted molar refractivity (Wildman–Crippen MR) is 90.2 cm³/mol. The summed E-state index contributed by atoms with van der Waals surface area (Å²) in [7, 11) is 0. The normalized spacial score (nSPS) is 16.8. The van der Waals surface area contributed by atoms with Crippen LogP contribution in [0, 0.1) is 0 Å². The van der Waals surface area contributed by atoms with Gasteiger partial charge in [-0.3, -0.25) is 4.79 Å². The van der Waals surface area contributed by atoms with E-state index >= 15 is 0 Å². The maximum Gasteiger partial charge on any atom is 0.255 e. The smallest absolute Gasteiger partial charge is 0.255 e. The second-order valence-electron chi connectivity index (χ2n) is 5.90. The number of hydrogen-bond acceptors (Lipinski definition) is 5. The maximum absolute atomic E-state index is 12.6. The van der Waals surface area contributed by atoms with Crippen molar-refractivity contribution in [2.45, 2.75) is 13.2 Å². The molecule has 6 nitrogen and oxygen atoms in total. The maximum atomic E-state index is 12.6. The first-order chi connectivity index (χ1) is 11.8. The molecule has 1 aromatic heterocycles. The molecule has 1 fully saturated rings. The summed E-state index contributed by atoms with van der Waals surface area (Å²) in [5.74, 6) is 0.658. The largest absolute Gasteiger partial charge is 0.378 e. The van der Waals surface area contributed by atoms with Gasteiger partial charge in [-0.1, -0.05) is 6.07 Å². The van der Waals surface area contributed by atoms with Gasteiger partial charge in [0.25, 0.3) is 5.91 Å². The van der Waals surface area contributed by atoms with Crippen molar-refractivity contribution in [1.29, 1.82) is 0 Å². The molecular weight excluding hydrogens is 306 g/mol. The molecule has 2 aliphatic rings. The third-order valence-corrected chi connectivity index (χ3v) is 4.33. The third kappa shape index (κ3) is 2.98. The van der Waals surface area contributed by atoms with Gasteiger partial charge in [-0.05, 0) is 35.4 Å². The van der Waals surface area contributed by atoms with Crippen molar-refractivity contribution in [2.75, 3.05) is 36.5 Å². The van der Waals surface area contributed by atoms with Crippen LogP contribution in [0.15, 0.2) is 36.5 Å². The van der Waals surface area contributed by atoms with Gasteiger partial charge in [0.05, 0.1) is 32.1 Å². The minimum absolute atomic E-state index is 0.132. The first-order valence-electron chi connectivity index (χ1n) is 8.10. The lowest BCUT2D eigenvalue weighted by Gasteiger charge is -2.29. The number of nitrogens with zero attached hydrogens (tertiary/aromatic N) is 2. The number of aromatic nitrogens is 1. The molecule has 1 aromatic carbocycles. The Morgan fingerprint density at radius 3 is 2.79 bits per heavy atom. The number of pyridine rings is 1. The monoisotopic (exact) mass is 325 g/mol. The van der Waals surface area contributed by atoms with Crippen LogP contribution in [0.4, 0.5) is 11.5 Å². The fraction of sp³-hybridized carbons (Fsp3) is 0.333. The fourth-order valence-electron chi connectivity index (χ4n) is 3.03. The number of nitrogens with one attached hydrogen (secondary N) is 1. The van der Waals surface area contributed by atoms with E-state index < -0.39 is 0 Å². The zero-order valence-electron chi connectivity index (χ0n) is 13.3. The van der Waals surface area contributed by atoms with Gasteiger partial charge in [0.1, 0.15) is 0 Å². The van der Waals surface area contributed by atoms with Crippen molar-refractivity contribution in [3.05, 3.63) is 53.2 Å². The van der Waals surface area contributed by atoms with E-state index in [2.05, 4.69) is 15.2 Å². The van der Waals surface area contributed by atoms with Crippen LogP contribution in [0.5, 0.6) is 0 Å². The SMILES string of the molecule is O=C(Nc1cccnc1N1CCOCC1)c1ccc2c(c1)COC2. The van der Waals surface area contributed by atoms with Crippen molar-refractivity contribution in [3.63, 3.8) is 0 Å². The minimum Gasteiger partial charge on any atom is -0.378 e. The Kier molecular flexibility index (Phi) is 4.15. The van der Waals surface area contributed by atoms with E-state index in [0.29, 0.717) is 32.0 Å². The highest BCUT2D eigenvalue weighted by atomic mass is 16.5. The van der Waals surface area contributed by atoms with E-state index in [4.69, 9.17) is 9.47 Å². The number of rotatable bonds is 3. The number of anilines is 2. The summed E-state index contributed by atoms with van der Waals surface area (Å²) in [6, 6.07) is 9.42. The molecular formula is C18H19N3O3. The Morgan fingerprint density at radius 2 is 1.92 bits per heavy atom. The van der Waals surface area contributed by atoms with E-state index in [0.717, 1.165) is 35.7 Å². The molecule has 24 heavy (non-hydrogen) atoms. The van der Waals surface area contributed by atoms with E-state index in [-0.39, 0.29) is 5.91 Å². The highest BCUT2D eigenvalue weighted by Crippen LogP contribution is 2.25. The molecule has 0 unspecified atom stereocenters. The summed E-state index contributed by atoms with van der Waals surface area (Å²) >= 11 is 0. The van der Waals surface area contributed by atoms with E-state index in [9.17, 15) is 4.79 Å². The van der Waals surface area contributed by atoms with Crippen molar-refractivity contribution in [3.8, 4) is 0 Å². The summed E-state index contributed by atoms with van der Waals surface area (Å²) in [5.41, 5.74) is 3.60. The standard InChI is InChI=1S/C18H19N3O3/c22-18(13-3-4-14-11-24-12-15(14)10-13)20-16-2-1-5-19-17(16)21-6-8-23-9-7-21/h1-5,10H,6-9,11-12H2,(H,20,22). The first-order valence-corrected chi connectivity index (χ1v) is 8.10. The average Bonchev–Trinajstić information content (AvgIpc) is 3.10. The molecule has 1 amide bonds. The molecule has 0 atom stereocenters. The van der Waals surface area contributed by atoms with Crippen molar-refractivity contribution in [1.82, 2.24) is 4.98 Å². The van der Waals surface area contributed by atoms with Crippen LogP contribution in [0.25, 0.3) is 0 Å². The van der Waals surface area contributed by atoms with Crippen LogP contribution >= 0.6 is 0 Å². The van der Waals surface area contributed by atoms with Crippen molar-refractivity contribution < 1.29 is 14.3 Å². The number of morpholine rings is 1. The molecule has 3 heterocycles. The average molecular weight is 325 g/mol. The van der Waals surface area contributed by atoms with E-state index in [1.165, 1.54) is 0 Å². The lowest BCUT2D eigenvalue weighted by molar-refractivity contribution is 0.102. The summed E-state index contributed by atoms with van der Waals surface area (Å²) in [5, 5.41) is 2.99. The Morgan fingerprint density at radius 1 is 1.08 bits per heavy atom. The number of benzene rings is 1. The van der Waals surface area contributed by atoms with Gasteiger partial charge in [0.2, 0.25) is 0 Å². The molecule has 0 saturated carbocycles. The fourth-order valence-corrected chi connectivity index (χ4v) is 3.03. The van der Waals surface area contributed by atoms with Gasteiger partial charge in [-0.25, -0.2) is 4.98 Å². The first kappa shape index (κ1) is 15.1. The quantitative estimate of drug-likeness (QED) is 0.937. The van der Waals surface area contributed by atoms with Crippen LogP contribution in [0.1, 0.15) is 21.5 Å². The Hall–Kier alpha value is -2.44. The molecule has 6 heteroatoms. The summed E-state index contributed by atoms with van der Waals surface area (Å²) in [4.78, 5) is 19.2. The topological polar surface area (TPSA) is 63.7 Å². The molecule has 2 aliphatic heterocycles. The van der Waals surface area contributed by atoms with Gasteiger partial charge < -0.3 is 19.7 Å². The predicted octanol–water partition coefficient (Wildman–Crippen LogP) is 2.20. The lowest BCUT2D eigenvalue weighted by Crippen LogP contribution is -2.37. The van der Waals surface area contributed by atoms with Crippen LogP contribution < -0.4 is 10.2 Å². The van der Waals surface area contributed by atoms with Crippen LogP contribution in [-0.4, -0.2) is 37.2 Å². The zero-order chi connectivity index (χ0) is 16.4. The highest BCUT2D eigenvalue weighted by Gasteiger charge is 2.19. The number of ether oxygens (including phenoxy) is 2. The number of amides is 1.